The van der Waals surface area contributed by atoms with Crippen molar-refractivity contribution in [3.63, 3.8) is 0 Å². The molecule has 116 valence electrons. The second kappa shape index (κ2) is 12.0. The summed E-state index contributed by atoms with van der Waals surface area (Å²) in [5.74, 6) is 1.11. The van der Waals surface area contributed by atoms with Crippen molar-refractivity contribution in [3.05, 3.63) is 24.2 Å². The third kappa shape index (κ3) is 8.42. The lowest BCUT2D eigenvalue weighted by Crippen LogP contribution is -2.31. The first-order valence-corrected chi connectivity index (χ1v) is 8.62. The Morgan fingerprint density at radius 2 is 1.75 bits per heavy atom. The van der Waals surface area contributed by atoms with Gasteiger partial charge >= 0.3 is 0 Å². The first kappa shape index (κ1) is 17.3. The average molecular weight is 279 g/mol. The summed E-state index contributed by atoms with van der Waals surface area (Å²) in [6, 6.07) is 4.66. The normalized spacial score (nSPS) is 12.7. The van der Waals surface area contributed by atoms with Gasteiger partial charge in [0.15, 0.2) is 0 Å². The molecule has 0 saturated heterocycles. The highest BCUT2D eigenvalue weighted by Gasteiger charge is 2.10. The van der Waals surface area contributed by atoms with Crippen LogP contribution in [-0.2, 0) is 6.42 Å². The fourth-order valence-electron chi connectivity index (χ4n) is 2.64. The summed E-state index contributed by atoms with van der Waals surface area (Å²) >= 11 is 0. The number of unbranched alkanes of at least 4 members (excludes halogenated alkanes) is 6. The van der Waals surface area contributed by atoms with E-state index in [2.05, 4.69) is 25.2 Å². The number of rotatable bonds is 13. The highest BCUT2D eigenvalue weighted by Crippen LogP contribution is 2.13. The molecule has 0 aliphatic rings. The van der Waals surface area contributed by atoms with Crippen molar-refractivity contribution in [2.75, 3.05) is 6.54 Å². The average Bonchev–Trinajstić information content (AvgIpc) is 2.96. The molecule has 0 bridgehead atoms. The maximum absolute atomic E-state index is 5.48. The summed E-state index contributed by atoms with van der Waals surface area (Å²) in [6.45, 7) is 5.62. The molecule has 0 aliphatic carbocycles. The fraction of sp³-hybridized carbons (Fsp3) is 0.778. The van der Waals surface area contributed by atoms with Gasteiger partial charge in [-0.2, -0.15) is 0 Å². The van der Waals surface area contributed by atoms with Crippen molar-refractivity contribution in [1.29, 1.82) is 0 Å². The Balaban J connectivity index is 2.13. The lowest BCUT2D eigenvalue weighted by Gasteiger charge is -2.17. The van der Waals surface area contributed by atoms with E-state index < -0.39 is 0 Å². The van der Waals surface area contributed by atoms with Crippen LogP contribution in [-0.4, -0.2) is 12.6 Å². The zero-order valence-electron chi connectivity index (χ0n) is 13.5. The van der Waals surface area contributed by atoms with Gasteiger partial charge in [0.2, 0.25) is 0 Å². The van der Waals surface area contributed by atoms with Crippen LogP contribution in [0.15, 0.2) is 22.8 Å². The fourth-order valence-corrected chi connectivity index (χ4v) is 2.64. The molecule has 1 rings (SSSR count). The predicted octanol–water partition coefficient (Wildman–Crippen LogP) is 5.33. The number of hydrogen-bond donors (Lipinski definition) is 1. The molecule has 0 radical (unpaired) electrons. The van der Waals surface area contributed by atoms with E-state index in [1.54, 1.807) is 6.26 Å². The Labute approximate surface area is 125 Å². The van der Waals surface area contributed by atoms with Crippen LogP contribution >= 0.6 is 0 Å². The van der Waals surface area contributed by atoms with Crippen molar-refractivity contribution in [2.45, 2.75) is 84.1 Å². The van der Waals surface area contributed by atoms with E-state index in [9.17, 15) is 0 Å². The summed E-state index contributed by atoms with van der Waals surface area (Å²) in [4.78, 5) is 0. The molecule has 0 aromatic carbocycles. The SMILES string of the molecule is CCCCCCCCCC(Cc1ccco1)NCCC. The van der Waals surface area contributed by atoms with E-state index in [0.717, 1.165) is 18.7 Å². The maximum atomic E-state index is 5.48. The van der Waals surface area contributed by atoms with E-state index in [-0.39, 0.29) is 0 Å². The molecule has 0 amide bonds. The van der Waals surface area contributed by atoms with Gasteiger partial charge < -0.3 is 9.73 Å². The molecule has 0 saturated carbocycles. The monoisotopic (exact) mass is 279 g/mol. The molecular formula is C18H33NO. The smallest absolute Gasteiger partial charge is 0.105 e. The van der Waals surface area contributed by atoms with Crippen LogP contribution in [0.5, 0.6) is 0 Å². The van der Waals surface area contributed by atoms with Crippen LogP contribution in [0.3, 0.4) is 0 Å². The summed E-state index contributed by atoms with van der Waals surface area (Å²) in [7, 11) is 0. The minimum Gasteiger partial charge on any atom is -0.469 e. The van der Waals surface area contributed by atoms with Crippen molar-refractivity contribution >= 4 is 0 Å². The second-order valence-corrected chi connectivity index (χ2v) is 5.84. The Morgan fingerprint density at radius 3 is 2.40 bits per heavy atom. The molecule has 1 atom stereocenters. The molecule has 1 aromatic rings. The molecule has 20 heavy (non-hydrogen) atoms. The van der Waals surface area contributed by atoms with Gasteiger partial charge in [-0.1, -0.05) is 58.8 Å². The van der Waals surface area contributed by atoms with Crippen LogP contribution in [0.2, 0.25) is 0 Å². The van der Waals surface area contributed by atoms with Gasteiger partial charge in [0.05, 0.1) is 6.26 Å². The summed E-state index contributed by atoms with van der Waals surface area (Å²) in [6.07, 6.45) is 15.0. The molecule has 0 aliphatic heterocycles. The van der Waals surface area contributed by atoms with Crippen molar-refractivity contribution in [2.24, 2.45) is 0 Å². The van der Waals surface area contributed by atoms with Crippen LogP contribution in [0.4, 0.5) is 0 Å². The van der Waals surface area contributed by atoms with E-state index in [0.29, 0.717) is 6.04 Å². The van der Waals surface area contributed by atoms with Crippen LogP contribution in [0, 0.1) is 0 Å². The van der Waals surface area contributed by atoms with E-state index in [4.69, 9.17) is 4.42 Å². The van der Waals surface area contributed by atoms with Gasteiger partial charge in [0.25, 0.3) is 0 Å². The highest BCUT2D eigenvalue weighted by molar-refractivity contribution is 5.00. The minimum atomic E-state index is 0.580. The maximum Gasteiger partial charge on any atom is 0.105 e. The lowest BCUT2D eigenvalue weighted by molar-refractivity contribution is 0.410. The van der Waals surface area contributed by atoms with Crippen LogP contribution < -0.4 is 5.32 Å². The van der Waals surface area contributed by atoms with Gasteiger partial charge in [-0.3, -0.25) is 0 Å². The first-order chi connectivity index (χ1) is 9.86. The molecule has 1 unspecified atom stereocenters. The summed E-state index contributed by atoms with van der Waals surface area (Å²) in [5.41, 5.74) is 0. The second-order valence-electron chi connectivity index (χ2n) is 5.84. The summed E-state index contributed by atoms with van der Waals surface area (Å²) < 4.78 is 5.48. The third-order valence-corrected chi connectivity index (χ3v) is 3.87. The molecule has 0 fully saturated rings. The van der Waals surface area contributed by atoms with Gasteiger partial charge in [-0.25, -0.2) is 0 Å². The summed E-state index contributed by atoms with van der Waals surface area (Å²) in [5, 5.41) is 3.66. The Morgan fingerprint density at radius 1 is 1.00 bits per heavy atom. The van der Waals surface area contributed by atoms with E-state index in [1.807, 2.05) is 6.07 Å². The third-order valence-electron chi connectivity index (χ3n) is 3.87. The van der Waals surface area contributed by atoms with Crippen LogP contribution in [0.25, 0.3) is 0 Å². The predicted molar refractivity (Wildman–Crippen MR) is 87.1 cm³/mol. The van der Waals surface area contributed by atoms with Crippen molar-refractivity contribution < 1.29 is 4.42 Å². The quantitative estimate of drug-likeness (QED) is 0.494. The molecule has 1 N–H and O–H groups in total. The first-order valence-electron chi connectivity index (χ1n) is 8.62. The topological polar surface area (TPSA) is 25.2 Å². The molecular weight excluding hydrogens is 246 g/mol. The lowest BCUT2D eigenvalue weighted by atomic mass is 10.0. The Bertz CT molecular complexity index is 294. The van der Waals surface area contributed by atoms with Crippen molar-refractivity contribution in [3.8, 4) is 0 Å². The molecule has 2 nitrogen and oxygen atoms in total. The van der Waals surface area contributed by atoms with Gasteiger partial charge in [-0.15, -0.1) is 0 Å². The zero-order chi connectivity index (χ0) is 14.5. The van der Waals surface area contributed by atoms with Gasteiger partial charge in [0.1, 0.15) is 5.76 Å². The number of hydrogen-bond acceptors (Lipinski definition) is 2. The Kier molecular flexibility index (Phi) is 10.4. The largest absolute Gasteiger partial charge is 0.469 e. The molecule has 0 spiro atoms. The van der Waals surface area contributed by atoms with Crippen LogP contribution in [0.1, 0.15) is 77.4 Å². The molecule has 1 aromatic heterocycles. The standard InChI is InChI=1S/C18H33NO/c1-3-5-6-7-8-9-10-12-17(19-14-4-2)16-18-13-11-15-20-18/h11,13,15,17,19H,3-10,12,14,16H2,1-2H3. The number of furan rings is 1. The minimum absolute atomic E-state index is 0.580. The van der Waals surface area contributed by atoms with Gasteiger partial charge in [0, 0.05) is 12.5 Å². The van der Waals surface area contributed by atoms with E-state index in [1.165, 1.54) is 57.8 Å². The Hall–Kier alpha value is -0.760. The van der Waals surface area contributed by atoms with Gasteiger partial charge in [-0.05, 0) is 31.5 Å². The number of nitrogens with one attached hydrogen (secondary N) is 1. The molecule has 1 heterocycles. The van der Waals surface area contributed by atoms with Crippen molar-refractivity contribution in [1.82, 2.24) is 5.32 Å². The molecule has 2 heteroatoms. The highest BCUT2D eigenvalue weighted by atomic mass is 16.3. The zero-order valence-corrected chi connectivity index (χ0v) is 13.5. The van der Waals surface area contributed by atoms with E-state index >= 15 is 0 Å².